The van der Waals surface area contributed by atoms with E-state index in [9.17, 15) is 0 Å². The SMILES string of the molecule is CC(Cl)=Cc1[te]c2ccc(C)cc2[n+]1C. The van der Waals surface area contributed by atoms with Gasteiger partial charge in [0, 0.05) is 0 Å². The summed E-state index contributed by atoms with van der Waals surface area (Å²) in [5.74, 6) is 0. The fourth-order valence-corrected chi connectivity index (χ4v) is 5.11. The van der Waals surface area contributed by atoms with E-state index in [-0.39, 0.29) is 20.4 Å². The first-order valence-electron chi connectivity index (χ1n) is 4.81. The van der Waals surface area contributed by atoms with Gasteiger partial charge in [0.1, 0.15) is 0 Å². The number of benzene rings is 1. The molecule has 0 fully saturated rings. The van der Waals surface area contributed by atoms with E-state index in [1.54, 1.807) is 0 Å². The van der Waals surface area contributed by atoms with Crippen molar-refractivity contribution in [2.24, 2.45) is 7.05 Å². The zero-order valence-corrected chi connectivity index (χ0v) is 12.1. The zero-order chi connectivity index (χ0) is 11.0. The number of halogens is 1. The standard InChI is InChI=1S/C12H13ClNTe/c1-8-4-5-11-10(6-8)14(3)12(15-11)7-9(2)13/h4-7H,1-3H3/q+1. The number of hydrogen-bond acceptors (Lipinski definition) is 0. The molecule has 15 heavy (non-hydrogen) atoms. The van der Waals surface area contributed by atoms with Crippen LogP contribution in [0.5, 0.6) is 0 Å². The van der Waals surface area contributed by atoms with Gasteiger partial charge >= 0.3 is 105 Å². The predicted octanol–water partition coefficient (Wildman–Crippen LogP) is 2.63. The van der Waals surface area contributed by atoms with Crippen molar-refractivity contribution in [3.05, 3.63) is 32.5 Å². The molecule has 1 nitrogen and oxygen atoms in total. The number of fused-ring (bicyclic) bond motifs is 1. The molecule has 1 aromatic heterocycles. The molecule has 0 aliphatic heterocycles. The Kier molecular flexibility index (Phi) is 3.21. The van der Waals surface area contributed by atoms with Gasteiger partial charge in [-0.25, -0.2) is 0 Å². The third-order valence-corrected chi connectivity index (χ3v) is 5.78. The van der Waals surface area contributed by atoms with Crippen LogP contribution in [0.3, 0.4) is 0 Å². The molecule has 0 bridgehead atoms. The monoisotopic (exact) mass is 336 g/mol. The Morgan fingerprint density at radius 3 is 2.87 bits per heavy atom. The summed E-state index contributed by atoms with van der Waals surface area (Å²) in [5.41, 5.74) is 2.68. The average molecular weight is 334 g/mol. The van der Waals surface area contributed by atoms with Gasteiger partial charge in [-0.2, -0.15) is 0 Å². The van der Waals surface area contributed by atoms with Crippen molar-refractivity contribution < 1.29 is 4.57 Å². The van der Waals surface area contributed by atoms with Gasteiger partial charge in [0.25, 0.3) is 0 Å². The van der Waals surface area contributed by atoms with Gasteiger partial charge in [-0.1, -0.05) is 0 Å². The molecule has 0 amide bonds. The topological polar surface area (TPSA) is 3.88 Å². The Balaban J connectivity index is 2.70. The Hall–Kier alpha value is -0.290. The molecule has 0 N–H and O–H groups in total. The van der Waals surface area contributed by atoms with Crippen LogP contribution in [0.4, 0.5) is 0 Å². The number of aromatic nitrogens is 1. The van der Waals surface area contributed by atoms with Gasteiger partial charge in [-0.05, 0) is 0 Å². The second-order valence-corrected chi connectivity index (χ2v) is 7.33. The molecule has 0 atom stereocenters. The van der Waals surface area contributed by atoms with Crippen LogP contribution in [0.15, 0.2) is 23.2 Å². The van der Waals surface area contributed by atoms with E-state index in [0.29, 0.717) is 0 Å². The Bertz CT molecular complexity index is 536. The minimum atomic E-state index is -0.236. The number of hydrogen-bond donors (Lipinski definition) is 0. The molecule has 1 heterocycles. The quantitative estimate of drug-likeness (QED) is 0.558. The van der Waals surface area contributed by atoms with Crippen LogP contribution >= 0.6 is 11.6 Å². The Morgan fingerprint density at radius 1 is 1.47 bits per heavy atom. The summed E-state index contributed by atoms with van der Waals surface area (Å²) >= 11 is 5.70. The van der Waals surface area contributed by atoms with Gasteiger partial charge in [0.2, 0.25) is 0 Å². The molecule has 0 unspecified atom stereocenters. The summed E-state index contributed by atoms with van der Waals surface area (Å²) in [6, 6.07) is 6.70. The average Bonchev–Trinajstić information content (AvgIpc) is 2.44. The van der Waals surface area contributed by atoms with Crippen molar-refractivity contribution >= 4 is 47.0 Å². The van der Waals surface area contributed by atoms with Crippen molar-refractivity contribution in [3.63, 3.8) is 0 Å². The maximum atomic E-state index is 5.93. The van der Waals surface area contributed by atoms with Crippen molar-refractivity contribution in [1.29, 1.82) is 0 Å². The maximum absolute atomic E-state index is 5.93. The number of aryl methyl sites for hydroxylation is 2. The molecule has 0 radical (unpaired) electrons. The van der Waals surface area contributed by atoms with Crippen molar-refractivity contribution in [1.82, 2.24) is 0 Å². The third kappa shape index (κ3) is 2.28. The van der Waals surface area contributed by atoms with Gasteiger partial charge in [-0.3, -0.25) is 0 Å². The molecule has 2 rings (SSSR count). The normalized spacial score (nSPS) is 12.4. The number of allylic oxidation sites excluding steroid dienone is 1. The molecule has 0 aliphatic rings. The molecule has 3 heteroatoms. The van der Waals surface area contributed by atoms with Gasteiger partial charge in [-0.15, -0.1) is 0 Å². The summed E-state index contributed by atoms with van der Waals surface area (Å²) < 4.78 is 5.18. The summed E-state index contributed by atoms with van der Waals surface area (Å²) in [5, 5.41) is 0.867. The van der Waals surface area contributed by atoms with Crippen LogP contribution in [0.1, 0.15) is 16.2 Å². The molecule has 0 spiro atoms. The van der Waals surface area contributed by atoms with Crippen LogP contribution < -0.4 is 4.57 Å². The molecule has 0 saturated heterocycles. The summed E-state index contributed by atoms with van der Waals surface area (Å²) in [7, 11) is 2.13. The fourth-order valence-electron chi connectivity index (χ4n) is 1.57. The van der Waals surface area contributed by atoms with E-state index in [4.69, 9.17) is 11.6 Å². The summed E-state index contributed by atoms with van der Waals surface area (Å²) in [6.07, 6.45) is 2.10. The molecule has 1 aromatic carbocycles. The van der Waals surface area contributed by atoms with E-state index in [1.165, 1.54) is 18.2 Å². The van der Waals surface area contributed by atoms with Crippen LogP contribution in [0, 0.1) is 6.92 Å². The van der Waals surface area contributed by atoms with Gasteiger partial charge in [0.15, 0.2) is 0 Å². The minimum absolute atomic E-state index is 0.236. The second kappa shape index (κ2) is 4.29. The van der Waals surface area contributed by atoms with E-state index in [0.717, 1.165) is 5.03 Å². The number of nitrogens with zero attached hydrogens (tertiary/aromatic N) is 1. The molecular weight excluding hydrogens is 321 g/mol. The first-order valence-corrected chi connectivity index (χ1v) is 7.52. The third-order valence-electron chi connectivity index (χ3n) is 2.34. The molecule has 0 saturated carbocycles. The van der Waals surface area contributed by atoms with Gasteiger partial charge in [0.05, 0.1) is 0 Å². The van der Waals surface area contributed by atoms with E-state index in [2.05, 4.69) is 42.8 Å². The van der Waals surface area contributed by atoms with Crippen LogP contribution in [0.25, 0.3) is 15.0 Å². The van der Waals surface area contributed by atoms with E-state index < -0.39 is 0 Å². The molecular formula is C12H13ClNTe+. The van der Waals surface area contributed by atoms with Crippen LogP contribution in [-0.4, -0.2) is 20.4 Å². The first kappa shape index (κ1) is 11.2. The van der Waals surface area contributed by atoms with E-state index >= 15 is 0 Å². The van der Waals surface area contributed by atoms with Crippen LogP contribution in [-0.2, 0) is 7.05 Å². The predicted molar refractivity (Wildman–Crippen MR) is 66.3 cm³/mol. The van der Waals surface area contributed by atoms with Gasteiger partial charge < -0.3 is 0 Å². The van der Waals surface area contributed by atoms with Crippen LogP contribution in [0.2, 0.25) is 0 Å². The van der Waals surface area contributed by atoms with E-state index in [1.807, 2.05) is 6.92 Å². The Labute approximate surface area is 105 Å². The van der Waals surface area contributed by atoms with Crippen molar-refractivity contribution in [2.45, 2.75) is 13.8 Å². The second-order valence-electron chi connectivity index (χ2n) is 3.70. The summed E-state index contributed by atoms with van der Waals surface area (Å²) in [4.78, 5) is 0. The first-order chi connectivity index (χ1) is 7.08. The van der Waals surface area contributed by atoms with Crippen molar-refractivity contribution in [3.8, 4) is 0 Å². The zero-order valence-electron chi connectivity index (χ0n) is 9.04. The molecule has 78 valence electrons. The number of rotatable bonds is 1. The van der Waals surface area contributed by atoms with Crippen molar-refractivity contribution in [2.75, 3.05) is 0 Å². The Morgan fingerprint density at radius 2 is 2.20 bits per heavy atom. The molecule has 0 aliphatic carbocycles. The fraction of sp³-hybridized carbons (Fsp3) is 0.250. The summed E-state index contributed by atoms with van der Waals surface area (Å²) in [6.45, 7) is 4.07. The molecule has 2 aromatic rings.